The molecule has 0 aliphatic carbocycles. The molecule has 2 saturated heterocycles. The van der Waals surface area contributed by atoms with Gasteiger partial charge < -0.3 is 9.59 Å². The summed E-state index contributed by atoms with van der Waals surface area (Å²) in [6, 6.07) is 0. The zero-order valence-electron chi connectivity index (χ0n) is 6.42. The minimum atomic E-state index is 0.0121. The maximum Gasteiger partial charge on any atom is 0.108 e. The van der Waals surface area contributed by atoms with E-state index in [2.05, 4.69) is 0 Å². The largest absolute Gasteiger partial charge is 0.387 e. The third kappa shape index (κ3) is 0.956. The van der Waals surface area contributed by atoms with Crippen LogP contribution in [0.4, 0.5) is 0 Å². The molecule has 0 aromatic heterocycles. The Labute approximate surface area is 62.0 Å². The van der Waals surface area contributed by atoms with E-state index in [0.717, 1.165) is 13.0 Å². The Balaban J connectivity index is 2.03. The molecule has 2 rings (SSSR count). The Bertz CT molecular complexity index is 129. The molecule has 2 heterocycles. The molecule has 0 radical (unpaired) electrons. The highest BCUT2D eigenvalue weighted by Gasteiger charge is 2.39. The molecule has 2 fully saturated rings. The molecule has 0 bridgehead atoms. The van der Waals surface area contributed by atoms with Crippen molar-refractivity contribution in [2.45, 2.75) is 25.4 Å². The molecular weight excluding hydrogens is 126 g/mol. The Morgan fingerprint density at radius 2 is 1.80 bits per heavy atom. The standard InChI is InChI=1S/C8H16NO/c10-8-3-6-9(7-8)4-1-2-5-9/h8,10H,1-7H2/q+1. The number of aliphatic hydroxyl groups is 1. The van der Waals surface area contributed by atoms with Crippen molar-refractivity contribution in [1.29, 1.82) is 0 Å². The lowest BCUT2D eigenvalue weighted by molar-refractivity contribution is -0.906. The van der Waals surface area contributed by atoms with Gasteiger partial charge in [0.25, 0.3) is 0 Å². The second-order valence-corrected chi connectivity index (χ2v) is 3.84. The predicted molar refractivity (Wildman–Crippen MR) is 39.6 cm³/mol. The van der Waals surface area contributed by atoms with E-state index in [-0.39, 0.29) is 6.10 Å². The van der Waals surface area contributed by atoms with E-state index in [1.165, 1.54) is 37.0 Å². The van der Waals surface area contributed by atoms with Crippen molar-refractivity contribution in [2.24, 2.45) is 0 Å². The van der Waals surface area contributed by atoms with E-state index >= 15 is 0 Å². The third-order valence-electron chi connectivity index (χ3n) is 3.05. The zero-order chi connectivity index (χ0) is 7.03. The summed E-state index contributed by atoms with van der Waals surface area (Å²) in [5.41, 5.74) is 0. The van der Waals surface area contributed by atoms with Crippen LogP contribution in [0.5, 0.6) is 0 Å². The molecule has 0 aromatic rings. The Morgan fingerprint density at radius 3 is 2.30 bits per heavy atom. The Kier molecular flexibility index (Phi) is 1.46. The van der Waals surface area contributed by atoms with E-state index in [4.69, 9.17) is 0 Å². The highest BCUT2D eigenvalue weighted by Crippen LogP contribution is 2.26. The fourth-order valence-electron chi connectivity index (χ4n) is 2.46. The fraction of sp³-hybridized carbons (Fsp3) is 1.00. The van der Waals surface area contributed by atoms with Crippen LogP contribution >= 0.6 is 0 Å². The Hall–Kier alpha value is -0.0800. The van der Waals surface area contributed by atoms with Crippen molar-refractivity contribution in [2.75, 3.05) is 26.2 Å². The lowest BCUT2D eigenvalue weighted by atomic mass is 10.3. The van der Waals surface area contributed by atoms with E-state index in [0.29, 0.717) is 0 Å². The number of hydrogen-bond acceptors (Lipinski definition) is 1. The first-order valence-electron chi connectivity index (χ1n) is 4.34. The summed E-state index contributed by atoms with van der Waals surface area (Å²) >= 11 is 0. The summed E-state index contributed by atoms with van der Waals surface area (Å²) in [7, 11) is 0. The maximum atomic E-state index is 9.34. The van der Waals surface area contributed by atoms with E-state index in [1.807, 2.05) is 0 Å². The molecule has 1 spiro atoms. The topological polar surface area (TPSA) is 20.2 Å². The molecule has 2 aliphatic rings. The molecule has 1 unspecified atom stereocenters. The predicted octanol–water partition coefficient (Wildman–Crippen LogP) is 0.362. The van der Waals surface area contributed by atoms with Crippen LogP contribution in [0.2, 0.25) is 0 Å². The van der Waals surface area contributed by atoms with Crippen molar-refractivity contribution >= 4 is 0 Å². The van der Waals surface area contributed by atoms with Gasteiger partial charge in [-0.2, -0.15) is 0 Å². The number of nitrogens with zero attached hydrogens (tertiary/aromatic N) is 1. The summed E-state index contributed by atoms with van der Waals surface area (Å²) < 4.78 is 1.24. The minimum absolute atomic E-state index is 0.0121. The number of aliphatic hydroxyl groups excluding tert-OH is 1. The fourth-order valence-corrected chi connectivity index (χ4v) is 2.46. The van der Waals surface area contributed by atoms with Crippen molar-refractivity contribution in [3.05, 3.63) is 0 Å². The van der Waals surface area contributed by atoms with Gasteiger partial charge in [0.2, 0.25) is 0 Å². The summed E-state index contributed by atoms with van der Waals surface area (Å²) in [5, 5.41) is 9.34. The quantitative estimate of drug-likeness (QED) is 0.484. The maximum absolute atomic E-state index is 9.34. The first-order valence-corrected chi connectivity index (χ1v) is 4.34. The second kappa shape index (κ2) is 2.21. The van der Waals surface area contributed by atoms with E-state index in [1.54, 1.807) is 0 Å². The van der Waals surface area contributed by atoms with Crippen LogP contribution < -0.4 is 0 Å². The summed E-state index contributed by atoms with van der Waals surface area (Å²) in [5.74, 6) is 0. The SMILES string of the molecule is OC1CC[N+]2(CCCC2)C1. The lowest BCUT2D eigenvalue weighted by Crippen LogP contribution is -2.43. The molecule has 2 aliphatic heterocycles. The van der Waals surface area contributed by atoms with Gasteiger partial charge in [-0.15, -0.1) is 0 Å². The third-order valence-corrected chi connectivity index (χ3v) is 3.05. The average Bonchev–Trinajstić information content (AvgIpc) is 2.46. The van der Waals surface area contributed by atoms with Crippen LogP contribution in [0.15, 0.2) is 0 Å². The summed E-state index contributed by atoms with van der Waals surface area (Å²) in [4.78, 5) is 0. The van der Waals surface area contributed by atoms with Crippen molar-refractivity contribution in [1.82, 2.24) is 0 Å². The van der Waals surface area contributed by atoms with Gasteiger partial charge in [-0.25, -0.2) is 0 Å². The van der Waals surface area contributed by atoms with Gasteiger partial charge in [-0.3, -0.25) is 0 Å². The van der Waals surface area contributed by atoms with E-state index in [9.17, 15) is 5.11 Å². The van der Waals surface area contributed by atoms with Crippen molar-refractivity contribution in [3.8, 4) is 0 Å². The van der Waals surface area contributed by atoms with Crippen LogP contribution in [0.3, 0.4) is 0 Å². The van der Waals surface area contributed by atoms with Gasteiger partial charge in [0.1, 0.15) is 12.6 Å². The van der Waals surface area contributed by atoms with Crippen LogP contribution in [-0.4, -0.2) is 41.9 Å². The number of quaternary nitrogens is 1. The first kappa shape index (κ1) is 6.62. The molecule has 1 N–H and O–H groups in total. The summed E-state index contributed by atoms with van der Waals surface area (Å²) in [6.45, 7) is 4.94. The van der Waals surface area contributed by atoms with Gasteiger partial charge in [0, 0.05) is 19.3 Å². The number of hydrogen-bond donors (Lipinski definition) is 1. The normalized spacial score (nSPS) is 37.5. The highest BCUT2D eigenvalue weighted by molar-refractivity contribution is 4.67. The average molecular weight is 142 g/mol. The molecular formula is C8H16NO+. The van der Waals surface area contributed by atoms with Crippen LogP contribution in [-0.2, 0) is 0 Å². The molecule has 1 atom stereocenters. The molecule has 0 amide bonds. The first-order chi connectivity index (χ1) is 4.81. The molecule has 0 aromatic carbocycles. The molecule has 58 valence electrons. The highest BCUT2D eigenvalue weighted by atomic mass is 16.3. The number of rotatable bonds is 0. The van der Waals surface area contributed by atoms with E-state index < -0.39 is 0 Å². The van der Waals surface area contributed by atoms with Gasteiger partial charge >= 0.3 is 0 Å². The van der Waals surface area contributed by atoms with Gasteiger partial charge in [-0.1, -0.05) is 0 Å². The minimum Gasteiger partial charge on any atom is -0.387 e. The van der Waals surface area contributed by atoms with Gasteiger partial charge in [0.15, 0.2) is 0 Å². The molecule has 2 nitrogen and oxygen atoms in total. The Morgan fingerprint density at radius 1 is 1.10 bits per heavy atom. The smallest absolute Gasteiger partial charge is 0.108 e. The van der Waals surface area contributed by atoms with Crippen LogP contribution in [0, 0.1) is 0 Å². The van der Waals surface area contributed by atoms with Gasteiger partial charge in [-0.05, 0) is 0 Å². The molecule has 10 heavy (non-hydrogen) atoms. The molecule has 0 saturated carbocycles. The molecule has 2 heteroatoms. The van der Waals surface area contributed by atoms with Crippen LogP contribution in [0.25, 0.3) is 0 Å². The second-order valence-electron chi connectivity index (χ2n) is 3.84. The summed E-state index contributed by atoms with van der Waals surface area (Å²) in [6.07, 6.45) is 3.82. The van der Waals surface area contributed by atoms with Gasteiger partial charge in [0.05, 0.1) is 19.6 Å². The van der Waals surface area contributed by atoms with Crippen molar-refractivity contribution < 1.29 is 9.59 Å². The monoisotopic (exact) mass is 142 g/mol. The lowest BCUT2D eigenvalue weighted by Gasteiger charge is -2.28. The van der Waals surface area contributed by atoms with Crippen molar-refractivity contribution in [3.63, 3.8) is 0 Å². The van der Waals surface area contributed by atoms with Crippen LogP contribution in [0.1, 0.15) is 19.3 Å². The zero-order valence-corrected chi connectivity index (χ0v) is 6.42.